The van der Waals surface area contributed by atoms with Gasteiger partial charge in [0.1, 0.15) is 0 Å². The van der Waals surface area contributed by atoms with Gasteiger partial charge in [-0.05, 0) is 25.1 Å². The zero-order valence-corrected chi connectivity index (χ0v) is 8.32. The standard InChI is InChI=1S/C11H11N3O/c1-7-8(6-9(12)11(15)14-7)10-4-2-3-5-13-10/h2-6H,12H2,1H3,(H,14,15). The van der Waals surface area contributed by atoms with Crippen molar-refractivity contribution in [1.82, 2.24) is 9.97 Å². The molecular formula is C11H11N3O. The molecule has 0 bridgehead atoms. The van der Waals surface area contributed by atoms with Crippen molar-refractivity contribution in [3.8, 4) is 11.3 Å². The highest BCUT2D eigenvalue weighted by molar-refractivity contribution is 5.65. The minimum atomic E-state index is -0.257. The van der Waals surface area contributed by atoms with E-state index in [9.17, 15) is 4.79 Å². The fourth-order valence-corrected chi connectivity index (χ4v) is 1.43. The van der Waals surface area contributed by atoms with E-state index in [1.807, 2.05) is 25.1 Å². The monoisotopic (exact) mass is 201 g/mol. The summed E-state index contributed by atoms with van der Waals surface area (Å²) in [5.74, 6) is 0. The minimum absolute atomic E-state index is 0.209. The normalized spacial score (nSPS) is 10.2. The number of nitrogens with one attached hydrogen (secondary N) is 1. The van der Waals surface area contributed by atoms with Crippen molar-refractivity contribution in [2.24, 2.45) is 0 Å². The van der Waals surface area contributed by atoms with Crippen LogP contribution < -0.4 is 11.3 Å². The number of anilines is 1. The van der Waals surface area contributed by atoms with Gasteiger partial charge < -0.3 is 10.7 Å². The average Bonchev–Trinajstić information content (AvgIpc) is 2.25. The third-order valence-electron chi connectivity index (χ3n) is 2.21. The van der Waals surface area contributed by atoms with Crippen LogP contribution in [0.3, 0.4) is 0 Å². The molecule has 4 nitrogen and oxygen atoms in total. The number of nitrogens with zero attached hydrogens (tertiary/aromatic N) is 1. The molecule has 76 valence electrons. The highest BCUT2D eigenvalue weighted by Crippen LogP contribution is 2.19. The Morgan fingerprint density at radius 1 is 1.40 bits per heavy atom. The summed E-state index contributed by atoms with van der Waals surface area (Å²) in [6.45, 7) is 1.82. The third kappa shape index (κ3) is 1.74. The number of pyridine rings is 2. The Kier molecular flexibility index (Phi) is 2.25. The Morgan fingerprint density at radius 3 is 2.87 bits per heavy atom. The van der Waals surface area contributed by atoms with Gasteiger partial charge in [0.2, 0.25) is 0 Å². The van der Waals surface area contributed by atoms with Gasteiger partial charge in [-0.25, -0.2) is 0 Å². The molecule has 0 aromatic carbocycles. The van der Waals surface area contributed by atoms with Crippen LogP contribution >= 0.6 is 0 Å². The molecule has 0 aliphatic heterocycles. The molecular weight excluding hydrogens is 190 g/mol. The van der Waals surface area contributed by atoms with Crippen molar-refractivity contribution < 1.29 is 0 Å². The number of rotatable bonds is 1. The number of aromatic amines is 1. The molecule has 0 aliphatic carbocycles. The summed E-state index contributed by atoms with van der Waals surface area (Å²) in [6, 6.07) is 7.26. The van der Waals surface area contributed by atoms with Gasteiger partial charge in [0.05, 0.1) is 11.4 Å². The SMILES string of the molecule is Cc1[nH]c(=O)c(N)cc1-c1ccccn1. The molecule has 2 aromatic rings. The predicted octanol–water partition coefficient (Wildman–Crippen LogP) is 1.33. The second kappa shape index (κ2) is 3.57. The molecule has 0 radical (unpaired) electrons. The van der Waals surface area contributed by atoms with Gasteiger partial charge in [-0.2, -0.15) is 0 Å². The second-order valence-electron chi connectivity index (χ2n) is 3.31. The summed E-state index contributed by atoms with van der Waals surface area (Å²) in [7, 11) is 0. The average molecular weight is 201 g/mol. The van der Waals surface area contributed by atoms with E-state index in [-0.39, 0.29) is 11.2 Å². The number of nitrogens with two attached hydrogens (primary N) is 1. The quantitative estimate of drug-likeness (QED) is 0.731. The Balaban J connectivity index is 2.64. The van der Waals surface area contributed by atoms with Crippen molar-refractivity contribution in [2.45, 2.75) is 6.92 Å². The lowest BCUT2D eigenvalue weighted by Gasteiger charge is -2.05. The maximum absolute atomic E-state index is 11.2. The van der Waals surface area contributed by atoms with Gasteiger partial charge >= 0.3 is 0 Å². The van der Waals surface area contributed by atoms with Crippen LogP contribution in [0.1, 0.15) is 5.69 Å². The van der Waals surface area contributed by atoms with Crippen LogP contribution in [0.2, 0.25) is 0 Å². The molecule has 0 aliphatic rings. The molecule has 2 rings (SSSR count). The van der Waals surface area contributed by atoms with Crippen molar-refractivity contribution in [3.63, 3.8) is 0 Å². The fourth-order valence-electron chi connectivity index (χ4n) is 1.43. The van der Waals surface area contributed by atoms with Gasteiger partial charge in [-0.3, -0.25) is 9.78 Å². The summed E-state index contributed by atoms with van der Waals surface area (Å²) < 4.78 is 0. The van der Waals surface area contributed by atoms with Gasteiger partial charge in [-0.1, -0.05) is 6.07 Å². The highest BCUT2D eigenvalue weighted by atomic mass is 16.1. The topological polar surface area (TPSA) is 71.8 Å². The predicted molar refractivity (Wildman–Crippen MR) is 59.4 cm³/mol. The summed E-state index contributed by atoms with van der Waals surface area (Å²) >= 11 is 0. The molecule has 0 amide bonds. The van der Waals surface area contributed by atoms with Crippen LogP contribution in [0.25, 0.3) is 11.3 Å². The first-order valence-electron chi connectivity index (χ1n) is 4.59. The molecule has 15 heavy (non-hydrogen) atoms. The summed E-state index contributed by atoms with van der Waals surface area (Å²) in [4.78, 5) is 18.1. The highest BCUT2D eigenvalue weighted by Gasteiger charge is 2.05. The number of H-pyrrole nitrogens is 1. The molecule has 0 unspecified atom stereocenters. The molecule has 0 fully saturated rings. The second-order valence-corrected chi connectivity index (χ2v) is 3.31. The molecule has 0 spiro atoms. The number of hydrogen-bond donors (Lipinski definition) is 2. The van der Waals surface area contributed by atoms with E-state index in [4.69, 9.17) is 5.73 Å². The Hall–Kier alpha value is -2.10. The van der Waals surface area contributed by atoms with Crippen LogP contribution in [0.5, 0.6) is 0 Å². The maximum Gasteiger partial charge on any atom is 0.271 e. The van der Waals surface area contributed by atoms with Gasteiger partial charge in [0.25, 0.3) is 5.56 Å². The van der Waals surface area contributed by atoms with E-state index in [0.717, 1.165) is 17.0 Å². The summed E-state index contributed by atoms with van der Waals surface area (Å²) in [6.07, 6.45) is 1.70. The van der Waals surface area contributed by atoms with Crippen LogP contribution in [-0.4, -0.2) is 9.97 Å². The maximum atomic E-state index is 11.2. The Labute approximate surface area is 86.8 Å². The van der Waals surface area contributed by atoms with E-state index in [2.05, 4.69) is 9.97 Å². The van der Waals surface area contributed by atoms with E-state index in [1.165, 1.54) is 0 Å². The summed E-state index contributed by atoms with van der Waals surface area (Å²) in [5.41, 5.74) is 7.94. The Morgan fingerprint density at radius 2 is 2.20 bits per heavy atom. The number of aromatic nitrogens is 2. The summed E-state index contributed by atoms with van der Waals surface area (Å²) in [5, 5.41) is 0. The number of nitrogen functional groups attached to an aromatic ring is 1. The molecule has 2 heterocycles. The van der Waals surface area contributed by atoms with E-state index < -0.39 is 0 Å². The smallest absolute Gasteiger partial charge is 0.271 e. The number of hydrogen-bond acceptors (Lipinski definition) is 3. The molecule has 2 aromatic heterocycles. The largest absolute Gasteiger partial charge is 0.394 e. The van der Waals surface area contributed by atoms with E-state index >= 15 is 0 Å². The van der Waals surface area contributed by atoms with Crippen molar-refractivity contribution in [3.05, 3.63) is 46.5 Å². The van der Waals surface area contributed by atoms with Crippen LogP contribution in [0.4, 0.5) is 5.69 Å². The van der Waals surface area contributed by atoms with Crippen molar-refractivity contribution in [1.29, 1.82) is 0 Å². The van der Waals surface area contributed by atoms with Crippen LogP contribution in [0, 0.1) is 6.92 Å². The molecule has 0 atom stereocenters. The lowest BCUT2D eigenvalue weighted by atomic mass is 10.1. The molecule has 0 saturated carbocycles. The van der Waals surface area contributed by atoms with Gasteiger partial charge in [0, 0.05) is 17.5 Å². The van der Waals surface area contributed by atoms with Gasteiger partial charge in [-0.15, -0.1) is 0 Å². The van der Waals surface area contributed by atoms with E-state index in [0.29, 0.717) is 0 Å². The van der Waals surface area contributed by atoms with E-state index in [1.54, 1.807) is 12.3 Å². The fraction of sp³-hybridized carbons (Fsp3) is 0.0909. The van der Waals surface area contributed by atoms with Crippen molar-refractivity contribution in [2.75, 3.05) is 5.73 Å². The minimum Gasteiger partial charge on any atom is -0.394 e. The van der Waals surface area contributed by atoms with Crippen molar-refractivity contribution >= 4 is 5.69 Å². The first kappa shape index (κ1) is 9.45. The zero-order chi connectivity index (χ0) is 10.8. The molecule has 3 N–H and O–H groups in total. The Bertz CT molecular complexity index is 531. The molecule has 4 heteroatoms. The van der Waals surface area contributed by atoms with Crippen LogP contribution in [0.15, 0.2) is 35.3 Å². The first-order chi connectivity index (χ1) is 7.18. The molecule has 0 saturated heterocycles. The lowest BCUT2D eigenvalue weighted by Crippen LogP contribution is -2.13. The van der Waals surface area contributed by atoms with Crippen LogP contribution in [-0.2, 0) is 0 Å². The third-order valence-corrected chi connectivity index (χ3v) is 2.21. The lowest BCUT2D eigenvalue weighted by molar-refractivity contribution is 1.14. The first-order valence-corrected chi connectivity index (χ1v) is 4.59. The zero-order valence-electron chi connectivity index (χ0n) is 8.32. The number of aryl methyl sites for hydroxylation is 1. The van der Waals surface area contributed by atoms with Gasteiger partial charge in [0.15, 0.2) is 0 Å².